The van der Waals surface area contributed by atoms with E-state index in [1.807, 2.05) is 6.92 Å². The molecule has 0 fully saturated rings. The molecule has 0 amide bonds. The number of furan rings is 1. The van der Waals surface area contributed by atoms with Crippen molar-refractivity contribution in [3.05, 3.63) is 52.5 Å². The van der Waals surface area contributed by atoms with Crippen molar-refractivity contribution < 1.29 is 9.15 Å². The first-order valence-corrected chi connectivity index (χ1v) is 7.59. The molecular weight excluding hydrogens is 262 g/mol. The smallest absolute Gasteiger partial charge is 0.122 e. The molecule has 1 heterocycles. The van der Waals surface area contributed by atoms with E-state index in [9.17, 15) is 0 Å². The zero-order chi connectivity index (χ0) is 15.2. The van der Waals surface area contributed by atoms with Crippen molar-refractivity contribution in [2.75, 3.05) is 6.54 Å². The Morgan fingerprint density at radius 2 is 1.95 bits per heavy atom. The van der Waals surface area contributed by atoms with Crippen molar-refractivity contribution in [2.45, 2.75) is 47.3 Å². The van der Waals surface area contributed by atoms with Gasteiger partial charge in [-0.2, -0.15) is 0 Å². The molecule has 1 N–H and O–H groups in total. The fourth-order valence-corrected chi connectivity index (χ4v) is 2.22. The van der Waals surface area contributed by atoms with E-state index in [1.54, 1.807) is 0 Å². The molecule has 0 aliphatic heterocycles. The molecule has 2 rings (SSSR count). The van der Waals surface area contributed by atoms with Gasteiger partial charge in [0.2, 0.25) is 0 Å². The summed E-state index contributed by atoms with van der Waals surface area (Å²) in [5.74, 6) is 2.86. The highest BCUT2D eigenvalue weighted by Gasteiger charge is 2.09. The lowest BCUT2D eigenvalue weighted by Crippen LogP contribution is -2.13. The topological polar surface area (TPSA) is 34.4 Å². The van der Waals surface area contributed by atoms with Crippen LogP contribution in [0.2, 0.25) is 0 Å². The Hall–Kier alpha value is -1.74. The average molecular weight is 287 g/mol. The van der Waals surface area contributed by atoms with Gasteiger partial charge in [-0.15, -0.1) is 0 Å². The molecule has 1 aromatic carbocycles. The molecule has 0 saturated carbocycles. The van der Waals surface area contributed by atoms with E-state index in [-0.39, 0.29) is 0 Å². The molecule has 3 heteroatoms. The van der Waals surface area contributed by atoms with Gasteiger partial charge >= 0.3 is 0 Å². The predicted octanol–water partition coefficient (Wildman–Crippen LogP) is 4.28. The highest BCUT2D eigenvalue weighted by molar-refractivity contribution is 5.36. The molecule has 0 spiro atoms. The number of hydrogen-bond donors (Lipinski definition) is 1. The Kier molecular flexibility index (Phi) is 5.45. The van der Waals surface area contributed by atoms with Gasteiger partial charge in [-0.1, -0.05) is 19.1 Å². The van der Waals surface area contributed by atoms with Gasteiger partial charge in [-0.05, 0) is 57.0 Å². The van der Waals surface area contributed by atoms with Gasteiger partial charge < -0.3 is 14.5 Å². The Balaban J connectivity index is 1.98. The molecule has 0 saturated heterocycles. The van der Waals surface area contributed by atoms with Crippen LogP contribution in [0.15, 0.2) is 28.7 Å². The fourth-order valence-electron chi connectivity index (χ4n) is 2.22. The zero-order valence-electron chi connectivity index (χ0n) is 13.5. The number of rotatable bonds is 7. The van der Waals surface area contributed by atoms with Crippen molar-refractivity contribution in [2.24, 2.45) is 0 Å². The number of ether oxygens (including phenoxy) is 1. The van der Waals surface area contributed by atoms with Crippen LogP contribution in [-0.2, 0) is 13.2 Å². The van der Waals surface area contributed by atoms with E-state index in [4.69, 9.17) is 9.15 Å². The summed E-state index contributed by atoms with van der Waals surface area (Å²) in [6, 6.07) is 8.35. The first kappa shape index (κ1) is 15.6. The highest BCUT2D eigenvalue weighted by atomic mass is 16.5. The van der Waals surface area contributed by atoms with Crippen LogP contribution in [0.1, 0.15) is 41.6 Å². The van der Waals surface area contributed by atoms with E-state index in [2.05, 4.69) is 50.4 Å². The summed E-state index contributed by atoms with van der Waals surface area (Å²) in [6.07, 6.45) is 1.13. The van der Waals surface area contributed by atoms with Crippen LogP contribution in [0.25, 0.3) is 0 Å². The van der Waals surface area contributed by atoms with Crippen LogP contribution < -0.4 is 10.1 Å². The normalized spacial score (nSPS) is 10.9. The van der Waals surface area contributed by atoms with Crippen molar-refractivity contribution in [3.63, 3.8) is 0 Å². The van der Waals surface area contributed by atoms with Crippen LogP contribution in [0, 0.1) is 20.8 Å². The summed E-state index contributed by atoms with van der Waals surface area (Å²) in [5.41, 5.74) is 3.49. The third-order valence-corrected chi connectivity index (χ3v) is 3.52. The van der Waals surface area contributed by atoms with Gasteiger partial charge in [0, 0.05) is 5.56 Å². The van der Waals surface area contributed by atoms with Crippen LogP contribution in [0.3, 0.4) is 0 Å². The summed E-state index contributed by atoms with van der Waals surface area (Å²) in [4.78, 5) is 0. The van der Waals surface area contributed by atoms with Crippen LogP contribution in [0.4, 0.5) is 0 Å². The van der Waals surface area contributed by atoms with Crippen molar-refractivity contribution in [1.82, 2.24) is 5.32 Å². The largest absolute Gasteiger partial charge is 0.488 e. The van der Waals surface area contributed by atoms with Gasteiger partial charge in [-0.3, -0.25) is 0 Å². The van der Waals surface area contributed by atoms with Gasteiger partial charge in [-0.25, -0.2) is 0 Å². The molecule has 2 aromatic rings. The van der Waals surface area contributed by atoms with E-state index in [1.165, 1.54) is 5.56 Å². The van der Waals surface area contributed by atoms with Crippen molar-refractivity contribution in [1.29, 1.82) is 0 Å². The molecule has 0 unspecified atom stereocenters. The summed E-state index contributed by atoms with van der Waals surface area (Å²) < 4.78 is 11.7. The molecule has 3 nitrogen and oxygen atoms in total. The Labute approximate surface area is 127 Å². The SMILES string of the molecule is CCCNCc1cc(COc2cc(C)ccc2C)c(C)o1. The maximum atomic E-state index is 5.94. The Bertz CT molecular complexity index is 587. The number of hydrogen-bond acceptors (Lipinski definition) is 3. The van der Waals surface area contributed by atoms with Crippen LogP contribution >= 0.6 is 0 Å². The predicted molar refractivity (Wildman–Crippen MR) is 85.7 cm³/mol. The summed E-state index contributed by atoms with van der Waals surface area (Å²) in [5, 5.41) is 3.35. The number of nitrogens with one attached hydrogen (secondary N) is 1. The van der Waals surface area contributed by atoms with Gasteiger partial charge in [0.25, 0.3) is 0 Å². The minimum atomic E-state index is 0.549. The monoisotopic (exact) mass is 287 g/mol. The molecule has 1 aromatic heterocycles. The summed E-state index contributed by atoms with van der Waals surface area (Å²) >= 11 is 0. The maximum absolute atomic E-state index is 5.94. The standard InChI is InChI=1S/C18H25NO2/c1-5-8-19-11-17-10-16(15(4)21-17)12-20-18-9-13(2)6-7-14(18)3/h6-7,9-10,19H,5,8,11-12H2,1-4H3. The second-order valence-corrected chi connectivity index (χ2v) is 5.53. The van der Waals surface area contributed by atoms with Crippen LogP contribution in [-0.4, -0.2) is 6.54 Å². The van der Waals surface area contributed by atoms with E-state index < -0.39 is 0 Å². The molecule has 21 heavy (non-hydrogen) atoms. The fraction of sp³-hybridized carbons (Fsp3) is 0.444. The third kappa shape index (κ3) is 4.36. The lowest BCUT2D eigenvalue weighted by molar-refractivity contribution is 0.300. The average Bonchev–Trinajstić information content (AvgIpc) is 2.80. The van der Waals surface area contributed by atoms with E-state index >= 15 is 0 Å². The molecule has 0 aliphatic rings. The zero-order valence-corrected chi connectivity index (χ0v) is 13.5. The van der Waals surface area contributed by atoms with Gasteiger partial charge in [0.1, 0.15) is 23.9 Å². The lowest BCUT2D eigenvalue weighted by atomic mass is 10.1. The molecule has 114 valence electrons. The van der Waals surface area contributed by atoms with Crippen LogP contribution in [0.5, 0.6) is 5.75 Å². The lowest BCUT2D eigenvalue weighted by Gasteiger charge is -2.09. The first-order chi connectivity index (χ1) is 10.1. The minimum Gasteiger partial charge on any atom is -0.488 e. The quantitative estimate of drug-likeness (QED) is 0.772. The van der Waals surface area contributed by atoms with Gasteiger partial charge in [0.05, 0.1) is 6.54 Å². The molecule has 0 radical (unpaired) electrons. The second kappa shape index (κ2) is 7.32. The molecule has 0 aliphatic carbocycles. The van der Waals surface area contributed by atoms with Crippen molar-refractivity contribution >= 4 is 0 Å². The van der Waals surface area contributed by atoms with Crippen molar-refractivity contribution in [3.8, 4) is 5.75 Å². The minimum absolute atomic E-state index is 0.549. The first-order valence-electron chi connectivity index (χ1n) is 7.59. The Morgan fingerprint density at radius 1 is 1.14 bits per heavy atom. The second-order valence-electron chi connectivity index (χ2n) is 5.53. The molecular formula is C18H25NO2. The summed E-state index contributed by atoms with van der Waals surface area (Å²) in [6.45, 7) is 10.6. The van der Waals surface area contributed by atoms with E-state index in [0.717, 1.165) is 47.9 Å². The Morgan fingerprint density at radius 3 is 2.71 bits per heavy atom. The van der Waals surface area contributed by atoms with E-state index in [0.29, 0.717) is 6.61 Å². The number of aryl methyl sites for hydroxylation is 3. The van der Waals surface area contributed by atoms with Gasteiger partial charge in [0.15, 0.2) is 0 Å². The molecule has 0 atom stereocenters. The highest BCUT2D eigenvalue weighted by Crippen LogP contribution is 2.22. The summed E-state index contributed by atoms with van der Waals surface area (Å²) in [7, 11) is 0. The molecule has 0 bridgehead atoms. The maximum Gasteiger partial charge on any atom is 0.122 e. The third-order valence-electron chi connectivity index (χ3n) is 3.52. The number of benzene rings is 1.